The number of halogens is 1. The molecule has 0 spiro atoms. The average Bonchev–Trinajstić information content (AvgIpc) is 2.95. The van der Waals surface area contributed by atoms with Crippen LogP contribution in [0, 0.1) is 11.8 Å². The molecule has 0 saturated heterocycles. The van der Waals surface area contributed by atoms with Gasteiger partial charge in [-0.25, -0.2) is 0 Å². The SMILES string of the molecule is O=C(NCC#Cc1ccccc1)c1cc2cc(Cl)ccc2o1. The molecule has 108 valence electrons. The molecule has 1 heterocycles. The van der Waals surface area contributed by atoms with Crippen molar-refractivity contribution in [3.05, 3.63) is 70.9 Å². The first-order valence-corrected chi connectivity index (χ1v) is 7.11. The zero-order valence-corrected chi connectivity index (χ0v) is 12.4. The molecule has 0 aliphatic rings. The minimum absolute atomic E-state index is 0.249. The van der Waals surface area contributed by atoms with Crippen LogP contribution in [0.3, 0.4) is 0 Å². The Hall–Kier alpha value is -2.70. The summed E-state index contributed by atoms with van der Waals surface area (Å²) in [5.41, 5.74) is 1.54. The highest BCUT2D eigenvalue weighted by molar-refractivity contribution is 6.31. The molecule has 0 aliphatic carbocycles. The monoisotopic (exact) mass is 309 g/mol. The van der Waals surface area contributed by atoms with Gasteiger partial charge in [-0.1, -0.05) is 41.6 Å². The van der Waals surface area contributed by atoms with Gasteiger partial charge in [-0.05, 0) is 36.4 Å². The minimum Gasteiger partial charge on any atom is -0.451 e. The Balaban J connectivity index is 1.65. The van der Waals surface area contributed by atoms with Gasteiger partial charge in [0.25, 0.3) is 5.91 Å². The summed E-state index contributed by atoms with van der Waals surface area (Å²) in [6, 6.07) is 16.5. The summed E-state index contributed by atoms with van der Waals surface area (Å²) < 4.78 is 5.48. The third kappa shape index (κ3) is 3.30. The maximum atomic E-state index is 12.0. The van der Waals surface area contributed by atoms with Crippen LogP contribution < -0.4 is 5.32 Å². The lowest BCUT2D eigenvalue weighted by Gasteiger charge is -1.96. The van der Waals surface area contributed by atoms with E-state index in [1.165, 1.54) is 0 Å². The van der Waals surface area contributed by atoms with Crippen molar-refractivity contribution in [1.29, 1.82) is 0 Å². The van der Waals surface area contributed by atoms with E-state index in [1.54, 1.807) is 24.3 Å². The van der Waals surface area contributed by atoms with Crippen LogP contribution in [-0.2, 0) is 0 Å². The predicted molar refractivity (Wildman–Crippen MR) is 86.9 cm³/mol. The Morgan fingerprint density at radius 3 is 2.77 bits per heavy atom. The lowest BCUT2D eigenvalue weighted by atomic mass is 10.2. The fraction of sp³-hybridized carbons (Fsp3) is 0.0556. The first kappa shape index (κ1) is 14.2. The number of carbonyl (C=O) groups excluding carboxylic acids is 1. The number of furan rings is 1. The molecule has 0 aliphatic heterocycles. The van der Waals surface area contributed by atoms with Crippen molar-refractivity contribution in [2.24, 2.45) is 0 Å². The molecule has 1 aromatic heterocycles. The maximum absolute atomic E-state index is 12.0. The number of hydrogen-bond donors (Lipinski definition) is 1. The molecule has 3 aromatic rings. The molecule has 3 nitrogen and oxygen atoms in total. The Morgan fingerprint density at radius 1 is 1.14 bits per heavy atom. The number of carbonyl (C=O) groups is 1. The number of nitrogens with one attached hydrogen (secondary N) is 1. The summed E-state index contributed by atoms with van der Waals surface area (Å²) in [5.74, 6) is 5.83. The molecule has 4 heteroatoms. The van der Waals surface area contributed by atoms with Crippen LogP contribution in [0.4, 0.5) is 0 Å². The Bertz CT molecular complexity index is 872. The van der Waals surface area contributed by atoms with Crippen molar-refractivity contribution >= 4 is 28.5 Å². The van der Waals surface area contributed by atoms with E-state index in [4.69, 9.17) is 16.0 Å². The first-order chi connectivity index (χ1) is 10.7. The second-order valence-electron chi connectivity index (χ2n) is 4.64. The molecule has 2 aromatic carbocycles. The zero-order valence-electron chi connectivity index (χ0n) is 11.6. The van der Waals surface area contributed by atoms with Gasteiger partial charge < -0.3 is 9.73 Å². The maximum Gasteiger partial charge on any atom is 0.287 e. The topological polar surface area (TPSA) is 42.2 Å². The van der Waals surface area contributed by atoms with Gasteiger partial charge in [0.15, 0.2) is 5.76 Å². The quantitative estimate of drug-likeness (QED) is 0.730. The van der Waals surface area contributed by atoms with E-state index >= 15 is 0 Å². The van der Waals surface area contributed by atoms with Crippen molar-refractivity contribution in [1.82, 2.24) is 5.32 Å². The van der Waals surface area contributed by atoms with E-state index in [1.807, 2.05) is 30.3 Å². The van der Waals surface area contributed by atoms with E-state index in [2.05, 4.69) is 17.2 Å². The molecule has 0 unspecified atom stereocenters. The van der Waals surface area contributed by atoms with Crippen LogP contribution in [0.15, 0.2) is 59.0 Å². The van der Waals surface area contributed by atoms with Gasteiger partial charge in [-0.3, -0.25) is 4.79 Å². The largest absolute Gasteiger partial charge is 0.451 e. The fourth-order valence-electron chi connectivity index (χ4n) is 2.01. The molecular weight excluding hydrogens is 298 g/mol. The molecule has 0 radical (unpaired) electrons. The number of rotatable bonds is 2. The number of fused-ring (bicyclic) bond motifs is 1. The number of amides is 1. The van der Waals surface area contributed by atoms with Crippen LogP contribution in [-0.4, -0.2) is 12.5 Å². The summed E-state index contributed by atoms with van der Waals surface area (Å²) >= 11 is 5.91. The lowest BCUT2D eigenvalue weighted by molar-refractivity contribution is 0.0933. The van der Waals surface area contributed by atoms with Crippen molar-refractivity contribution < 1.29 is 9.21 Å². The van der Waals surface area contributed by atoms with E-state index in [0.29, 0.717) is 10.6 Å². The molecule has 0 bridgehead atoms. The first-order valence-electron chi connectivity index (χ1n) is 6.73. The van der Waals surface area contributed by atoms with Gasteiger partial charge in [-0.15, -0.1) is 0 Å². The van der Waals surface area contributed by atoms with Crippen molar-refractivity contribution in [3.63, 3.8) is 0 Å². The van der Waals surface area contributed by atoms with Gasteiger partial charge >= 0.3 is 0 Å². The minimum atomic E-state index is -0.297. The summed E-state index contributed by atoms with van der Waals surface area (Å²) in [6.45, 7) is 0.255. The van der Waals surface area contributed by atoms with E-state index in [9.17, 15) is 4.79 Å². The highest BCUT2D eigenvalue weighted by Gasteiger charge is 2.11. The van der Waals surface area contributed by atoms with Gasteiger partial charge in [0.05, 0.1) is 6.54 Å². The third-order valence-corrected chi connectivity index (χ3v) is 3.28. The van der Waals surface area contributed by atoms with Crippen molar-refractivity contribution in [2.75, 3.05) is 6.54 Å². The van der Waals surface area contributed by atoms with Crippen molar-refractivity contribution in [2.45, 2.75) is 0 Å². The molecule has 1 N–H and O–H groups in total. The summed E-state index contributed by atoms with van der Waals surface area (Å²) in [4.78, 5) is 12.0. The third-order valence-electron chi connectivity index (χ3n) is 3.05. The van der Waals surface area contributed by atoms with Gasteiger partial charge in [0.1, 0.15) is 5.58 Å². The van der Waals surface area contributed by atoms with Crippen LogP contribution >= 0.6 is 11.6 Å². The molecule has 0 atom stereocenters. The van der Waals surface area contributed by atoms with Crippen LogP contribution in [0.25, 0.3) is 11.0 Å². The smallest absolute Gasteiger partial charge is 0.287 e. The summed E-state index contributed by atoms with van der Waals surface area (Å²) in [7, 11) is 0. The lowest BCUT2D eigenvalue weighted by Crippen LogP contribution is -2.22. The second-order valence-corrected chi connectivity index (χ2v) is 5.08. The van der Waals surface area contributed by atoms with Gasteiger partial charge in [0.2, 0.25) is 0 Å². The second kappa shape index (κ2) is 6.38. The Labute approximate surface area is 132 Å². The fourth-order valence-corrected chi connectivity index (χ4v) is 2.19. The van der Waals surface area contributed by atoms with Crippen molar-refractivity contribution in [3.8, 4) is 11.8 Å². The van der Waals surface area contributed by atoms with E-state index < -0.39 is 0 Å². The highest BCUT2D eigenvalue weighted by atomic mass is 35.5. The molecule has 3 rings (SSSR count). The Kier molecular flexibility index (Phi) is 4.13. The van der Waals surface area contributed by atoms with Crippen LogP contribution in [0.1, 0.15) is 16.1 Å². The Morgan fingerprint density at radius 2 is 1.95 bits per heavy atom. The highest BCUT2D eigenvalue weighted by Crippen LogP contribution is 2.22. The standard InChI is InChI=1S/C18H12ClNO2/c19-15-8-9-16-14(11-15)12-17(22-16)18(21)20-10-4-7-13-5-2-1-3-6-13/h1-3,5-6,8-9,11-12H,10H2,(H,20,21). The number of hydrogen-bond acceptors (Lipinski definition) is 2. The van der Waals surface area contributed by atoms with Gasteiger partial charge in [0, 0.05) is 16.0 Å². The normalized spacial score (nSPS) is 10.0. The van der Waals surface area contributed by atoms with Crippen LogP contribution in [0.2, 0.25) is 5.02 Å². The molecule has 0 fully saturated rings. The molecular formula is C18H12ClNO2. The number of benzene rings is 2. The van der Waals surface area contributed by atoms with Gasteiger partial charge in [-0.2, -0.15) is 0 Å². The molecule has 22 heavy (non-hydrogen) atoms. The predicted octanol–water partition coefficient (Wildman–Crippen LogP) is 3.87. The summed E-state index contributed by atoms with van der Waals surface area (Å²) in [6.07, 6.45) is 0. The van der Waals surface area contributed by atoms with E-state index in [-0.39, 0.29) is 18.2 Å². The zero-order chi connectivity index (χ0) is 15.4. The summed E-state index contributed by atoms with van der Waals surface area (Å²) in [5, 5.41) is 4.11. The van der Waals surface area contributed by atoms with Crippen LogP contribution in [0.5, 0.6) is 0 Å². The molecule has 0 saturated carbocycles. The van der Waals surface area contributed by atoms with E-state index in [0.717, 1.165) is 10.9 Å². The molecule has 1 amide bonds. The average molecular weight is 310 g/mol.